The van der Waals surface area contributed by atoms with E-state index in [9.17, 15) is 4.79 Å². The monoisotopic (exact) mass is 415 g/mol. The van der Waals surface area contributed by atoms with Gasteiger partial charge in [-0.15, -0.1) is 0 Å². The van der Waals surface area contributed by atoms with Gasteiger partial charge >= 0.3 is 6.09 Å². The second-order valence-electron chi connectivity index (χ2n) is 5.62. The molecule has 1 amide bonds. The van der Waals surface area contributed by atoms with E-state index in [-0.39, 0.29) is 0 Å². The lowest BCUT2D eigenvalue weighted by atomic mass is 10.2. The predicted octanol–water partition coefficient (Wildman–Crippen LogP) is 4.24. The van der Waals surface area contributed by atoms with Crippen LogP contribution in [0.2, 0.25) is 0 Å². The molecule has 0 atom stereocenters. The highest BCUT2D eigenvalue weighted by Gasteiger charge is 2.16. The Balaban J connectivity index is 1.86. The molecule has 0 bridgehead atoms. The van der Waals surface area contributed by atoms with Gasteiger partial charge in [0.25, 0.3) is 0 Å². The molecule has 0 fully saturated rings. The normalized spacial score (nSPS) is 11.1. The summed E-state index contributed by atoms with van der Waals surface area (Å²) < 4.78 is 11.5. The first-order chi connectivity index (χ1) is 10.3. The minimum atomic E-state index is -0.536. The molecular weight excluding hydrogens is 397 g/mol. The highest BCUT2D eigenvalue weighted by Crippen LogP contribution is 2.15. The lowest BCUT2D eigenvalue weighted by molar-refractivity contribution is 0.0635. The van der Waals surface area contributed by atoms with Gasteiger partial charge in [0.05, 0.1) is 18.4 Å². The Morgan fingerprint density at radius 3 is 2.64 bits per heavy atom. The number of carbonyl (C=O) groups excluding carboxylic acids is 1. The molecule has 2 N–H and O–H groups in total. The second-order valence-corrected chi connectivity index (χ2v) is 6.68. The fourth-order valence-corrected chi connectivity index (χ4v) is 2.08. The number of ether oxygens (including phenoxy) is 1. The number of halogens is 1. The molecule has 0 aliphatic rings. The molecule has 0 unspecified atom stereocenters. The van der Waals surface area contributed by atoms with E-state index in [0.717, 1.165) is 15.2 Å². The number of anilines is 2. The molecule has 2 rings (SSSR count). The topological polar surface area (TPSA) is 76.4 Å². The van der Waals surface area contributed by atoms with Crippen molar-refractivity contribution in [3.05, 3.63) is 40.0 Å². The first kappa shape index (κ1) is 16.6. The van der Waals surface area contributed by atoms with Crippen LogP contribution in [0.1, 0.15) is 26.5 Å². The molecule has 7 heteroatoms. The smallest absolute Gasteiger partial charge is 0.413 e. The molecule has 0 radical (unpaired) electrons. The van der Waals surface area contributed by atoms with Gasteiger partial charge in [-0.1, -0.05) is 0 Å². The summed E-state index contributed by atoms with van der Waals surface area (Å²) in [6.45, 7) is 6.00. The van der Waals surface area contributed by atoms with Crippen LogP contribution in [0.25, 0.3) is 0 Å². The summed E-state index contributed by atoms with van der Waals surface area (Å²) in [5, 5.41) is 5.77. The third kappa shape index (κ3) is 5.55. The second kappa shape index (κ2) is 6.99. The standard InChI is InChI=1S/C15H18IN3O3/c1-15(2,3)22-14(20)19-13-7-4-10(8-18-13)17-9-11-5-6-12(16)21-11/h4-8,17H,9H2,1-3H3,(H,18,19,20). The van der Waals surface area contributed by atoms with Crippen LogP contribution in [0, 0.1) is 3.77 Å². The number of amides is 1. The summed E-state index contributed by atoms with van der Waals surface area (Å²) in [6.07, 6.45) is 1.12. The van der Waals surface area contributed by atoms with Crippen molar-refractivity contribution in [1.29, 1.82) is 0 Å². The molecule has 118 valence electrons. The van der Waals surface area contributed by atoms with E-state index in [0.29, 0.717) is 12.4 Å². The van der Waals surface area contributed by atoms with Gasteiger partial charge in [-0.3, -0.25) is 5.32 Å². The van der Waals surface area contributed by atoms with E-state index in [1.54, 1.807) is 12.3 Å². The van der Waals surface area contributed by atoms with Gasteiger partial charge in [0, 0.05) is 0 Å². The molecule has 6 nitrogen and oxygen atoms in total. The number of carbonyl (C=O) groups is 1. The van der Waals surface area contributed by atoms with Crippen LogP contribution < -0.4 is 10.6 Å². The zero-order valence-corrected chi connectivity index (χ0v) is 14.8. The van der Waals surface area contributed by atoms with Crippen LogP contribution in [0.15, 0.2) is 34.9 Å². The van der Waals surface area contributed by atoms with Crippen molar-refractivity contribution < 1.29 is 13.9 Å². The number of hydrogen-bond donors (Lipinski definition) is 2. The van der Waals surface area contributed by atoms with Crippen LogP contribution in [0.4, 0.5) is 16.3 Å². The van der Waals surface area contributed by atoms with Crippen LogP contribution in [0.3, 0.4) is 0 Å². The number of pyridine rings is 1. The summed E-state index contributed by atoms with van der Waals surface area (Å²) in [4.78, 5) is 15.8. The average molecular weight is 415 g/mol. The Morgan fingerprint density at radius 1 is 1.32 bits per heavy atom. The fourth-order valence-electron chi connectivity index (χ4n) is 1.62. The van der Waals surface area contributed by atoms with Gasteiger partial charge in [0.15, 0.2) is 3.77 Å². The van der Waals surface area contributed by atoms with Crippen molar-refractivity contribution >= 4 is 40.2 Å². The van der Waals surface area contributed by atoms with Gasteiger partial charge in [0.2, 0.25) is 0 Å². The van der Waals surface area contributed by atoms with Crippen molar-refractivity contribution in [2.45, 2.75) is 32.9 Å². The zero-order valence-electron chi connectivity index (χ0n) is 12.6. The van der Waals surface area contributed by atoms with Crippen LogP contribution >= 0.6 is 22.6 Å². The van der Waals surface area contributed by atoms with Crippen LogP contribution in [0.5, 0.6) is 0 Å². The Hall–Kier alpha value is -1.77. The maximum Gasteiger partial charge on any atom is 0.413 e. The number of furan rings is 1. The van der Waals surface area contributed by atoms with Crippen molar-refractivity contribution in [1.82, 2.24) is 4.98 Å². The van der Waals surface area contributed by atoms with Gasteiger partial charge in [0.1, 0.15) is 17.2 Å². The summed E-state index contributed by atoms with van der Waals surface area (Å²) in [7, 11) is 0. The Bertz CT molecular complexity index is 632. The molecule has 2 aromatic heterocycles. The lowest BCUT2D eigenvalue weighted by Crippen LogP contribution is -2.27. The quantitative estimate of drug-likeness (QED) is 0.731. The average Bonchev–Trinajstić information content (AvgIpc) is 2.81. The van der Waals surface area contributed by atoms with Crippen molar-refractivity contribution in [2.75, 3.05) is 10.6 Å². The minimum absolute atomic E-state index is 0.437. The molecule has 0 aromatic carbocycles. The van der Waals surface area contributed by atoms with Crippen molar-refractivity contribution in [2.24, 2.45) is 0 Å². The summed E-state index contributed by atoms with van der Waals surface area (Å²) in [5.41, 5.74) is 0.299. The molecule has 2 aromatic rings. The molecule has 0 aliphatic heterocycles. The van der Waals surface area contributed by atoms with E-state index >= 15 is 0 Å². The van der Waals surface area contributed by atoms with Gasteiger partial charge in [-0.2, -0.15) is 0 Å². The zero-order chi connectivity index (χ0) is 16.2. The first-order valence-electron chi connectivity index (χ1n) is 6.76. The largest absolute Gasteiger partial charge is 0.454 e. The SMILES string of the molecule is CC(C)(C)OC(=O)Nc1ccc(NCc2ccc(I)o2)cn1. The molecule has 0 spiro atoms. The van der Waals surface area contributed by atoms with E-state index in [4.69, 9.17) is 9.15 Å². The van der Waals surface area contributed by atoms with E-state index in [1.807, 2.05) is 39.0 Å². The van der Waals surface area contributed by atoms with Gasteiger partial charge in [-0.25, -0.2) is 9.78 Å². The summed E-state index contributed by atoms with van der Waals surface area (Å²) in [5.74, 6) is 1.28. The lowest BCUT2D eigenvalue weighted by Gasteiger charge is -2.19. The highest BCUT2D eigenvalue weighted by molar-refractivity contribution is 14.1. The van der Waals surface area contributed by atoms with E-state index in [2.05, 4.69) is 38.2 Å². The van der Waals surface area contributed by atoms with E-state index < -0.39 is 11.7 Å². The predicted molar refractivity (Wildman–Crippen MR) is 92.8 cm³/mol. The fraction of sp³-hybridized carbons (Fsp3) is 0.333. The number of rotatable bonds is 4. The molecule has 0 aliphatic carbocycles. The number of hydrogen-bond acceptors (Lipinski definition) is 5. The van der Waals surface area contributed by atoms with Crippen molar-refractivity contribution in [3.63, 3.8) is 0 Å². The number of nitrogens with one attached hydrogen (secondary N) is 2. The van der Waals surface area contributed by atoms with Crippen LogP contribution in [-0.4, -0.2) is 16.7 Å². The Kier molecular flexibility index (Phi) is 5.28. The molecule has 22 heavy (non-hydrogen) atoms. The van der Waals surface area contributed by atoms with Gasteiger partial charge < -0.3 is 14.5 Å². The molecular formula is C15H18IN3O3. The maximum absolute atomic E-state index is 11.6. The first-order valence-corrected chi connectivity index (χ1v) is 7.84. The summed E-state index contributed by atoms with van der Waals surface area (Å²) >= 11 is 2.12. The van der Waals surface area contributed by atoms with Crippen molar-refractivity contribution in [3.8, 4) is 0 Å². The summed E-state index contributed by atoms with van der Waals surface area (Å²) in [6, 6.07) is 7.36. The van der Waals surface area contributed by atoms with E-state index in [1.165, 1.54) is 0 Å². The Labute approximate surface area is 142 Å². The number of aromatic nitrogens is 1. The van der Waals surface area contributed by atoms with Crippen LogP contribution in [-0.2, 0) is 11.3 Å². The third-order valence-corrected chi connectivity index (χ3v) is 3.07. The highest BCUT2D eigenvalue weighted by atomic mass is 127. The van der Waals surface area contributed by atoms with Gasteiger partial charge in [-0.05, 0) is 67.6 Å². The third-order valence-electron chi connectivity index (χ3n) is 2.49. The molecule has 0 saturated carbocycles. The molecule has 2 heterocycles. The molecule has 0 saturated heterocycles. The number of nitrogens with zero attached hydrogens (tertiary/aromatic N) is 1. The maximum atomic E-state index is 11.6. The Morgan fingerprint density at radius 2 is 2.09 bits per heavy atom. The minimum Gasteiger partial charge on any atom is -0.454 e.